The Kier molecular flexibility index (Phi) is 7.32. The monoisotopic (exact) mass is 336 g/mol. The Bertz CT molecular complexity index is 565. The van der Waals surface area contributed by atoms with Gasteiger partial charge in [-0.2, -0.15) is 0 Å². The number of benzene rings is 1. The zero-order chi connectivity index (χ0) is 15.4. The molecule has 21 heavy (non-hydrogen) atoms. The summed E-state index contributed by atoms with van der Waals surface area (Å²) in [6.45, 7) is 5.54. The van der Waals surface area contributed by atoms with Gasteiger partial charge >= 0.3 is 5.97 Å². The summed E-state index contributed by atoms with van der Waals surface area (Å²) in [5.74, 6) is -0.479. The molecule has 1 aromatic carbocycles. The van der Waals surface area contributed by atoms with Crippen LogP contribution < -0.4 is 10.5 Å². The lowest BCUT2D eigenvalue weighted by Gasteiger charge is -2.18. The molecule has 0 spiro atoms. The van der Waals surface area contributed by atoms with E-state index in [2.05, 4.69) is 4.72 Å². The Morgan fingerprint density at radius 2 is 1.81 bits per heavy atom. The number of ether oxygens (including phenoxy) is 1. The van der Waals surface area contributed by atoms with E-state index < -0.39 is 21.5 Å². The van der Waals surface area contributed by atoms with Crippen molar-refractivity contribution in [3.8, 4) is 0 Å². The second-order valence-electron chi connectivity index (χ2n) is 5.06. The van der Waals surface area contributed by atoms with Gasteiger partial charge in [0.1, 0.15) is 0 Å². The fourth-order valence-electron chi connectivity index (χ4n) is 1.35. The van der Waals surface area contributed by atoms with Gasteiger partial charge in [-0.3, -0.25) is 0 Å². The van der Waals surface area contributed by atoms with Gasteiger partial charge in [-0.15, -0.1) is 12.4 Å². The Labute approximate surface area is 131 Å². The molecular weight excluding hydrogens is 316 g/mol. The zero-order valence-electron chi connectivity index (χ0n) is 12.3. The lowest BCUT2D eigenvalue weighted by Crippen LogP contribution is -2.45. The van der Waals surface area contributed by atoms with Gasteiger partial charge in [0.15, 0.2) is 0 Å². The van der Waals surface area contributed by atoms with E-state index in [-0.39, 0.29) is 30.5 Å². The van der Waals surface area contributed by atoms with Crippen molar-refractivity contribution < 1.29 is 17.9 Å². The van der Waals surface area contributed by atoms with Crippen LogP contribution in [0.25, 0.3) is 0 Å². The lowest BCUT2D eigenvalue weighted by atomic mass is 10.1. The van der Waals surface area contributed by atoms with Crippen molar-refractivity contribution in [2.45, 2.75) is 31.2 Å². The number of carbonyl (C=O) groups excluding carboxylic acids is 1. The molecule has 0 amide bonds. The van der Waals surface area contributed by atoms with Crippen LogP contribution in [0.1, 0.15) is 31.1 Å². The predicted octanol–water partition coefficient (Wildman–Crippen LogP) is 1.30. The Morgan fingerprint density at radius 3 is 2.24 bits per heavy atom. The third-order valence-electron chi connectivity index (χ3n) is 2.39. The second-order valence-corrected chi connectivity index (χ2v) is 6.82. The van der Waals surface area contributed by atoms with Crippen LogP contribution >= 0.6 is 12.4 Å². The molecular formula is C13H21ClN2O4S. The third kappa shape index (κ3) is 6.43. The van der Waals surface area contributed by atoms with Crippen LogP contribution in [-0.4, -0.2) is 33.1 Å². The summed E-state index contributed by atoms with van der Waals surface area (Å²) < 4.78 is 31.3. The number of halogens is 1. The first-order valence-electron chi connectivity index (χ1n) is 6.21. The molecule has 0 aliphatic heterocycles. The Balaban J connectivity index is 0.00000400. The van der Waals surface area contributed by atoms with E-state index in [9.17, 15) is 13.2 Å². The lowest BCUT2D eigenvalue weighted by molar-refractivity contribution is 0.0526. The van der Waals surface area contributed by atoms with Crippen LogP contribution in [0.5, 0.6) is 0 Å². The molecule has 8 heteroatoms. The molecule has 0 aliphatic rings. The highest BCUT2D eigenvalue weighted by atomic mass is 35.5. The van der Waals surface area contributed by atoms with Gasteiger partial charge in [-0.1, -0.05) is 0 Å². The van der Waals surface area contributed by atoms with Crippen molar-refractivity contribution in [2.75, 3.05) is 13.2 Å². The summed E-state index contributed by atoms with van der Waals surface area (Å²) in [6, 6.07) is 5.55. The first-order chi connectivity index (χ1) is 9.15. The van der Waals surface area contributed by atoms with Crippen molar-refractivity contribution in [3.05, 3.63) is 29.8 Å². The summed E-state index contributed by atoms with van der Waals surface area (Å²) in [4.78, 5) is 11.5. The summed E-state index contributed by atoms with van der Waals surface area (Å²) in [5.41, 5.74) is 5.40. The molecule has 0 atom stereocenters. The normalized spacial score (nSPS) is 11.6. The van der Waals surface area contributed by atoms with Crippen LogP contribution in [0.4, 0.5) is 0 Å². The number of esters is 1. The minimum atomic E-state index is -3.63. The fraction of sp³-hybridized carbons (Fsp3) is 0.462. The highest BCUT2D eigenvalue weighted by Gasteiger charge is 2.19. The number of sulfonamides is 1. The standard InChI is InChI=1S/C13H20N2O4S.ClH/c1-4-19-12(16)10-5-7-11(8-6-10)20(17,18)15-9-13(2,3)14;/h5-8,15H,4,9,14H2,1-3H3;1H. The van der Waals surface area contributed by atoms with Crippen molar-refractivity contribution in [1.82, 2.24) is 4.72 Å². The van der Waals surface area contributed by atoms with E-state index in [1.165, 1.54) is 24.3 Å². The average Bonchev–Trinajstić information content (AvgIpc) is 2.36. The van der Waals surface area contributed by atoms with Gasteiger partial charge in [-0.05, 0) is 45.0 Å². The first-order valence-corrected chi connectivity index (χ1v) is 7.70. The molecule has 0 radical (unpaired) electrons. The van der Waals surface area contributed by atoms with Crippen LogP contribution in [0, 0.1) is 0 Å². The largest absolute Gasteiger partial charge is 0.462 e. The average molecular weight is 337 g/mol. The number of rotatable bonds is 6. The van der Waals surface area contributed by atoms with Gasteiger partial charge in [0.2, 0.25) is 10.0 Å². The maximum atomic E-state index is 12.0. The van der Waals surface area contributed by atoms with E-state index in [0.29, 0.717) is 5.56 Å². The van der Waals surface area contributed by atoms with Gasteiger partial charge in [0.25, 0.3) is 0 Å². The van der Waals surface area contributed by atoms with Crippen LogP contribution in [0.15, 0.2) is 29.2 Å². The molecule has 3 N–H and O–H groups in total. The van der Waals surface area contributed by atoms with E-state index in [1.807, 2.05) is 0 Å². The fourth-order valence-corrected chi connectivity index (χ4v) is 2.57. The van der Waals surface area contributed by atoms with Gasteiger partial charge < -0.3 is 10.5 Å². The second kappa shape index (κ2) is 7.74. The van der Waals surface area contributed by atoms with Gasteiger partial charge in [0.05, 0.1) is 17.1 Å². The van der Waals surface area contributed by atoms with E-state index in [1.54, 1.807) is 20.8 Å². The first kappa shape index (κ1) is 19.9. The molecule has 6 nitrogen and oxygen atoms in total. The molecule has 0 saturated carbocycles. The van der Waals surface area contributed by atoms with Crippen LogP contribution in [0.2, 0.25) is 0 Å². The third-order valence-corrected chi connectivity index (χ3v) is 3.81. The zero-order valence-corrected chi connectivity index (χ0v) is 13.9. The number of hydrogen-bond acceptors (Lipinski definition) is 5. The topological polar surface area (TPSA) is 98.5 Å². The molecule has 1 aromatic rings. The maximum Gasteiger partial charge on any atom is 0.338 e. The highest BCUT2D eigenvalue weighted by Crippen LogP contribution is 2.12. The van der Waals surface area contributed by atoms with Crippen LogP contribution in [0.3, 0.4) is 0 Å². The van der Waals surface area contributed by atoms with E-state index in [0.717, 1.165) is 0 Å². The summed E-state index contributed by atoms with van der Waals surface area (Å²) in [6.07, 6.45) is 0. The molecule has 1 rings (SSSR count). The number of carbonyl (C=O) groups is 1. The van der Waals surface area contributed by atoms with Crippen molar-refractivity contribution in [2.24, 2.45) is 5.73 Å². The molecule has 0 aromatic heterocycles. The number of nitrogens with two attached hydrogens (primary N) is 1. The summed E-state index contributed by atoms with van der Waals surface area (Å²) >= 11 is 0. The van der Waals surface area contributed by atoms with Crippen LogP contribution in [-0.2, 0) is 14.8 Å². The molecule has 120 valence electrons. The number of hydrogen-bond donors (Lipinski definition) is 2. The molecule has 0 saturated heterocycles. The Hall–Kier alpha value is -1.15. The van der Waals surface area contributed by atoms with Gasteiger partial charge in [0, 0.05) is 12.1 Å². The molecule has 0 fully saturated rings. The number of nitrogens with one attached hydrogen (secondary N) is 1. The Morgan fingerprint density at radius 1 is 1.29 bits per heavy atom. The maximum absolute atomic E-state index is 12.0. The molecule has 0 heterocycles. The smallest absolute Gasteiger partial charge is 0.338 e. The minimum Gasteiger partial charge on any atom is -0.462 e. The van der Waals surface area contributed by atoms with Crippen molar-refractivity contribution >= 4 is 28.4 Å². The molecule has 0 unspecified atom stereocenters. The van der Waals surface area contributed by atoms with E-state index in [4.69, 9.17) is 10.5 Å². The van der Waals surface area contributed by atoms with Crippen molar-refractivity contribution in [1.29, 1.82) is 0 Å². The highest BCUT2D eigenvalue weighted by molar-refractivity contribution is 7.89. The van der Waals surface area contributed by atoms with Gasteiger partial charge in [-0.25, -0.2) is 17.9 Å². The molecule has 0 aliphatic carbocycles. The summed E-state index contributed by atoms with van der Waals surface area (Å²) in [5, 5.41) is 0. The predicted molar refractivity (Wildman–Crippen MR) is 83.1 cm³/mol. The summed E-state index contributed by atoms with van der Waals surface area (Å²) in [7, 11) is -3.63. The SMILES string of the molecule is CCOC(=O)c1ccc(S(=O)(=O)NCC(C)(C)N)cc1.Cl. The quantitative estimate of drug-likeness (QED) is 0.763. The minimum absolute atomic E-state index is 0. The molecule has 0 bridgehead atoms. The van der Waals surface area contributed by atoms with Crippen molar-refractivity contribution in [3.63, 3.8) is 0 Å². The van der Waals surface area contributed by atoms with E-state index >= 15 is 0 Å².